The Morgan fingerprint density at radius 3 is 3.00 bits per heavy atom. The first-order valence-corrected chi connectivity index (χ1v) is 4.66. The summed E-state index contributed by atoms with van der Waals surface area (Å²) in [6.45, 7) is 4.30. The lowest BCUT2D eigenvalue weighted by molar-refractivity contribution is -0.112. The van der Waals surface area contributed by atoms with Crippen LogP contribution in [-0.2, 0) is 16.9 Å². The first kappa shape index (κ1) is 10.8. The molecule has 0 amide bonds. The first-order chi connectivity index (χ1) is 6.61. The number of nitrogens with zero attached hydrogens (tertiary/aromatic N) is 3. The maximum absolute atomic E-state index is 10.4. The number of carbonyl (C=O) groups is 1. The van der Waals surface area contributed by atoms with Crippen LogP contribution in [-0.4, -0.2) is 26.4 Å². The smallest absolute Gasteiger partial charge is 0.123 e. The highest BCUT2D eigenvalue weighted by Gasteiger charge is 2.27. The number of aromatic nitrogens is 3. The number of aryl methyl sites for hydroxylation is 1. The van der Waals surface area contributed by atoms with E-state index in [-0.39, 0.29) is 6.42 Å². The van der Waals surface area contributed by atoms with Crippen molar-refractivity contribution in [3.8, 4) is 0 Å². The van der Waals surface area contributed by atoms with Crippen molar-refractivity contribution in [3.05, 3.63) is 11.9 Å². The van der Waals surface area contributed by atoms with Crippen LogP contribution in [0.5, 0.6) is 0 Å². The fraction of sp³-hybridized carbons (Fsp3) is 0.667. The average molecular weight is 197 g/mol. The quantitative estimate of drug-likeness (QED) is 0.697. The predicted octanol–water partition coefficient (Wildman–Crippen LogP) is 0.485. The first-order valence-electron chi connectivity index (χ1n) is 4.66. The third-order valence-electron chi connectivity index (χ3n) is 2.09. The molecule has 1 atom stereocenters. The van der Waals surface area contributed by atoms with Crippen LogP contribution in [0.4, 0.5) is 0 Å². The van der Waals surface area contributed by atoms with Crippen molar-refractivity contribution in [1.82, 2.24) is 15.0 Å². The van der Waals surface area contributed by atoms with Crippen LogP contribution in [0, 0.1) is 0 Å². The number of rotatable bonds is 5. The van der Waals surface area contributed by atoms with Gasteiger partial charge in [0.2, 0.25) is 0 Å². The average Bonchev–Trinajstić information content (AvgIpc) is 2.53. The zero-order valence-electron chi connectivity index (χ0n) is 8.47. The summed E-state index contributed by atoms with van der Waals surface area (Å²) in [7, 11) is 0. The zero-order valence-corrected chi connectivity index (χ0v) is 8.47. The van der Waals surface area contributed by atoms with Gasteiger partial charge in [-0.1, -0.05) is 12.1 Å². The van der Waals surface area contributed by atoms with E-state index in [0.29, 0.717) is 18.5 Å². The van der Waals surface area contributed by atoms with Crippen LogP contribution in [0.3, 0.4) is 0 Å². The maximum Gasteiger partial charge on any atom is 0.123 e. The zero-order chi connectivity index (χ0) is 10.6. The van der Waals surface area contributed by atoms with Crippen molar-refractivity contribution < 1.29 is 9.90 Å². The molecule has 1 N–H and O–H groups in total. The Morgan fingerprint density at radius 2 is 2.43 bits per heavy atom. The van der Waals surface area contributed by atoms with Crippen LogP contribution in [0.25, 0.3) is 0 Å². The number of aldehydes is 1. The molecule has 0 saturated heterocycles. The van der Waals surface area contributed by atoms with Gasteiger partial charge in [0.1, 0.15) is 11.9 Å². The molecule has 1 unspecified atom stereocenters. The van der Waals surface area contributed by atoms with Crippen molar-refractivity contribution in [1.29, 1.82) is 0 Å². The van der Waals surface area contributed by atoms with Gasteiger partial charge in [-0.25, -0.2) is 4.68 Å². The molecule has 1 aromatic rings. The van der Waals surface area contributed by atoms with Crippen LogP contribution in [0.1, 0.15) is 32.4 Å². The Hall–Kier alpha value is -1.23. The minimum atomic E-state index is -1.17. The fourth-order valence-corrected chi connectivity index (χ4v) is 1.32. The molecule has 5 nitrogen and oxygen atoms in total. The molecule has 14 heavy (non-hydrogen) atoms. The summed E-state index contributed by atoms with van der Waals surface area (Å²) in [4.78, 5) is 10.4. The van der Waals surface area contributed by atoms with Gasteiger partial charge in [0.25, 0.3) is 0 Å². The molecular weight excluding hydrogens is 182 g/mol. The monoisotopic (exact) mass is 197 g/mol. The van der Waals surface area contributed by atoms with E-state index < -0.39 is 5.60 Å². The molecule has 1 rings (SSSR count). The lowest BCUT2D eigenvalue weighted by atomic mass is 9.99. The molecule has 0 saturated carbocycles. The summed E-state index contributed by atoms with van der Waals surface area (Å²) >= 11 is 0. The highest BCUT2D eigenvalue weighted by atomic mass is 16.3. The lowest BCUT2D eigenvalue weighted by Crippen LogP contribution is -2.26. The van der Waals surface area contributed by atoms with Crippen molar-refractivity contribution in [3.63, 3.8) is 0 Å². The van der Waals surface area contributed by atoms with E-state index in [4.69, 9.17) is 0 Å². The van der Waals surface area contributed by atoms with E-state index in [1.807, 2.05) is 6.92 Å². The van der Waals surface area contributed by atoms with Gasteiger partial charge in [-0.05, 0) is 13.3 Å². The van der Waals surface area contributed by atoms with Gasteiger partial charge in [0.05, 0.1) is 11.9 Å². The Morgan fingerprint density at radius 1 is 1.71 bits per heavy atom. The highest BCUT2D eigenvalue weighted by Crippen LogP contribution is 2.22. The molecule has 1 heterocycles. The molecule has 0 aliphatic rings. The van der Waals surface area contributed by atoms with E-state index in [1.54, 1.807) is 11.6 Å². The van der Waals surface area contributed by atoms with Crippen molar-refractivity contribution in [2.24, 2.45) is 0 Å². The number of aliphatic hydroxyl groups is 1. The lowest BCUT2D eigenvalue weighted by Gasteiger charge is -2.20. The summed E-state index contributed by atoms with van der Waals surface area (Å²) in [5.74, 6) is 0. The van der Waals surface area contributed by atoms with Gasteiger partial charge in [-0.15, -0.1) is 5.10 Å². The molecule has 5 heteroatoms. The van der Waals surface area contributed by atoms with Crippen molar-refractivity contribution in [2.45, 2.75) is 38.8 Å². The van der Waals surface area contributed by atoms with Crippen LogP contribution >= 0.6 is 0 Å². The number of carbonyl (C=O) groups excluding carboxylic acids is 1. The predicted molar refractivity (Wildman–Crippen MR) is 50.6 cm³/mol. The Kier molecular flexibility index (Phi) is 3.35. The van der Waals surface area contributed by atoms with E-state index in [0.717, 1.165) is 6.42 Å². The maximum atomic E-state index is 10.4. The van der Waals surface area contributed by atoms with Gasteiger partial charge < -0.3 is 9.90 Å². The van der Waals surface area contributed by atoms with E-state index in [9.17, 15) is 9.90 Å². The third kappa shape index (κ3) is 2.17. The van der Waals surface area contributed by atoms with Crippen LogP contribution < -0.4 is 0 Å². The number of hydrogen-bond donors (Lipinski definition) is 1. The van der Waals surface area contributed by atoms with Gasteiger partial charge in [-0.3, -0.25) is 0 Å². The second-order valence-corrected chi connectivity index (χ2v) is 3.49. The third-order valence-corrected chi connectivity index (χ3v) is 2.09. The molecule has 78 valence electrons. The van der Waals surface area contributed by atoms with Crippen molar-refractivity contribution in [2.75, 3.05) is 0 Å². The molecule has 1 aromatic heterocycles. The van der Waals surface area contributed by atoms with Gasteiger partial charge in [0.15, 0.2) is 0 Å². The second kappa shape index (κ2) is 4.32. The Balaban J connectivity index is 2.92. The van der Waals surface area contributed by atoms with E-state index in [1.165, 1.54) is 6.20 Å². The molecule has 0 aliphatic carbocycles. The Bertz CT molecular complexity index is 307. The van der Waals surface area contributed by atoms with E-state index >= 15 is 0 Å². The Labute approximate surface area is 82.7 Å². The topological polar surface area (TPSA) is 68.0 Å². The van der Waals surface area contributed by atoms with Crippen molar-refractivity contribution >= 4 is 6.29 Å². The molecule has 0 radical (unpaired) electrons. The molecule has 0 fully saturated rings. The summed E-state index contributed by atoms with van der Waals surface area (Å²) in [5.41, 5.74) is -0.577. The fourth-order valence-electron chi connectivity index (χ4n) is 1.32. The minimum Gasteiger partial charge on any atom is -0.383 e. The summed E-state index contributed by atoms with van der Waals surface area (Å²) in [6, 6.07) is 0. The summed E-state index contributed by atoms with van der Waals surface area (Å²) in [6.07, 6.45) is 3.17. The molecular formula is C9H15N3O2. The van der Waals surface area contributed by atoms with Gasteiger partial charge >= 0.3 is 0 Å². The normalized spacial score (nSPS) is 15.1. The standard InChI is InChI=1S/C9H15N3O2/c1-3-5-12-8(7-10-11-12)9(2,14)4-6-13/h6-7,14H,3-5H2,1-2H3. The van der Waals surface area contributed by atoms with Crippen LogP contribution in [0.2, 0.25) is 0 Å². The molecule has 0 aromatic carbocycles. The highest BCUT2D eigenvalue weighted by molar-refractivity contribution is 5.51. The molecule has 0 aliphatic heterocycles. The van der Waals surface area contributed by atoms with Crippen LogP contribution in [0.15, 0.2) is 6.20 Å². The van der Waals surface area contributed by atoms with Gasteiger partial charge in [-0.2, -0.15) is 0 Å². The minimum absolute atomic E-state index is 0.0596. The number of hydrogen-bond acceptors (Lipinski definition) is 4. The van der Waals surface area contributed by atoms with Gasteiger partial charge in [0, 0.05) is 13.0 Å². The summed E-state index contributed by atoms with van der Waals surface area (Å²) in [5, 5.41) is 17.5. The summed E-state index contributed by atoms with van der Waals surface area (Å²) < 4.78 is 1.63. The molecule has 0 spiro atoms. The second-order valence-electron chi connectivity index (χ2n) is 3.49. The van der Waals surface area contributed by atoms with E-state index in [2.05, 4.69) is 10.3 Å². The molecule has 0 bridgehead atoms. The largest absolute Gasteiger partial charge is 0.383 e. The SMILES string of the molecule is CCCn1nncc1C(C)(O)CC=O.